The SMILES string of the molecule is CCc1cccc(C)c1NC(=O)Cn1c(=O)n(Cc2ccco2)c(=O)c2sc3ccccc3c21. The molecule has 172 valence electrons. The molecule has 0 radical (unpaired) electrons. The van der Waals surface area contributed by atoms with E-state index in [0.717, 1.165) is 37.9 Å². The lowest BCUT2D eigenvalue weighted by Crippen LogP contribution is -2.41. The van der Waals surface area contributed by atoms with E-state index in [0.29, 0.717) is 16.0 Å². The van der Waals surface area contributed by atoms with Gasteiger partial charge in [-0.1, -0.05) is 43.3 Å². The van der Waals surface area contributed by atoms with Crippen LogP contribution in [0.4, 0.5) is 5.69 Å². The quantitative estimate of drug-likeness (QED) is 0.393. The van der Waals surface area contributed by atoms with Gasteiger partial charge in [-0.2, -0.15) is 0 Å². The van der Waals surface area contributed by atoms with Gasteiger partial charge in [-0.15, -0.1) is 11.3 Å². The Morgan fingerprint density at radius 1 is 1.03 bits per heavy atom. The molecule has 0 saturated heterocycles. The predicted octanol–water partition coefficient (Wildman–Crippen LogP) is 4.53. The van der Waals surface area contributed by atoms with E-state index in [4.69, 9.17) is 4.42 Å². The molecule has 0 aliphatic rings. The molecule has 0 fully saturated rings. The van der Waals surface area contributed by atoms with E-state index in [1.165, 1.54) is 22.2 Å². The maximum absolute atomic E-state index is 13.6. The third kappa shape index (κ3) is 3.76. The van der Waals surface area contributed by atoms with Crippen LogP contribution in [0.3, 0.4) is 0 Å². The minimum Gasteiger partial charge on any atom is -0.467 e. The first-order valence-electron chi connectivity index (χ1n) is 11.0. The van der Waals surface area contributed by atoms with E-state index in [9.17, 15) is 14.4 Å². The highest BCUT2D eigenvalue weighted by Gasteiger charge is 2.21. The van der Waals surface area contributed by atoms with Crippen LogP contribution in [-0.2, 0) is 24.3 Å². The molecule has 0 aliphatic carbocycles. The average molecular weight is 474 g/mol. The highest BCUT2D eigenvalue weighted by atomic mass is 32.1. The van der Waals surface area contributed by atoms with Crippen molar-refractivity contribution < 1.29 is 9.21 Å². The van der Waals surface area contributed by atoms with E-state index < -0.39 is 5.69 Å². The minimum atomic E-state index is -0.548. The number of hydrogen-bond donors (Lipinski definition) is 1. The summed E-state index contributed by atoms with van der Waals surface area (Å²) in [5.74, 6) is 0.161. The summed E-state index contributed by atoms with van der Waals surface area (Å²) in [5, 5.41) is 3.77. The lowest BCUT2D eigenvalue weighted by Gasteiger charge is -2.15. The van der Waals surface area contributed by atoms with Crippen LogP contribution < -0.4 is 16.6 Å². The van der Waals surface area contributed by atoms with Crippen molar-refractivity contribution in [1.29, 1.82) is 0 Å². The molecule has 1 amide bonds. The van der Waals surface area contributed by atoms with Gasteiger partial charge >= 0.3 is 5.69 Å². The van der Waals surface area contributed by atoms with E-state index in [2.05, 4.69) is 5.32 Å². The first-order valence-corrected chi connectivity index (χ1v) is 11.8. The predicted molar refractivity (Wildman–Crippen MR) is 135 cm³/mol. The van der Waals surface area contributed by atoms with Crippen LogP contribution in [0.1, 0.15) is 23.8 Å². The van der Waals surface area contributed by atoms with Crippen LogP contribution in [0, 0.1) is 6.92 Å². The summed E-state index contributed by atoms with van der Waals surface area (Å²) in [6.07, 6.45) is 2.27. The number of benzene rings is 2. The number of aryl methyl sites for hydroxylation is 2. The standard InChI is InChI=1S/C26H23N3O4S/c1-3-17-9-6-8-16(2)22(17)27-21(30)15-28-23-19-11-4-5-12-20(19)34-24(23)25(31)29(26(28)32)14-18-10-7-13-33-18/h4-13H,3,14-15H2,1-2H3,(H,27,30). The third-order valence-electron chi connectivity index (χ3n) is 5.94. The van der Waals surface area contributed by atoms with Crippen LogP contribution >= 0.6 is 11.3 Å². The average Bonchev–Trinajstić information content (AvgIpc) is 3.49. The summed E-state index contributed by atoms with van der Waals surface area (Å²) in [6, 6.07) is 16.8. The number of carbonyl (C=O) groups excluding carboxylic acids is 1. The van der Waals surface area contributed by atoms with E-state index in [-0.39, 0.29) is 24.6 Å². The fraction of sp³-hybridized carbons (Fsp3) is 0.192. The second kappa shape index (κ2) is 8.79. The van der Waals surface area contributed by atoms with Crippen molar-refractivity contribution >= 4 is 43.2 Å². The zero-order chi connectivity index (χ0) is 23.8. The van der Waals surface area contributed by atoms with Crippen LogP contribution in [0.5, 0.6) is 0 Å². The maximum atomic E-state index is 13.6. The summed E-state index contributed by atoms with van der Waals surface area (Å²) in [4.78, 5) is 40.1. The molecular weight excluding hydrogens is 450 g/mol. The molecule has 2 aromatic carbocycles. The number of carbonyl (C=O) groups is 1. The van der Waals surface area contributed by atoms with Gasteiger partial charge in [0.25, 0.3) is 5.56 Å². The van der Waals surface area contributed by atoms with Gasteiger partial charge in [-0.3, -0.25) is 18.7 Å². The van der Waals surface area contributed by atoms with Crippen molar-refractivity contribution in [3.8, 4) is 0 Å². The first-order chi connectivity index (χ1) is 16.5. The van der Waals surface area contributed by atoms with E-state index in [1.807, 2.05) is 56.3 Å². The fourth-order valence-electron chi connectivity index (χ4n) is 4.26. The molecule has 8 heteroatoms. The van der Waals surface area contributed by atoms with Gasteiger partial charge in [-0.25, -0.2) is 4.79 Å². The smallest absolute Gasteiger partial charge is 0.332 e. The Labute approximate surface area is 198 Å². The second-order valence-corrected chi connectivity index (χ2v) is 9.18. The van der Waals surface area contributed by atoms with Gasteiger partial charge in [-0.05, 0) is 42.7 Å². The molecule has 3 heterocycles. The van der Waals surface area contributed by atoms with Crippen LogP contribution in [0.25, 0.3) is 20.3 Å². The zero-order valence-electron chi connectivity index (χ0n) is 18.8. The van der Waals surface area contributed by atoms with Crippen molar-refractivity contribution in [2.75, 3.05) is 5.32 Å². The molecule has 5 rings (SSSR count). The highest BCUT2D eigenvalue weighted by Crippen LogP contribution is 2.31. The number of hydrogen-bond acceptors (Lipinski definition) is 5. The van der Waals surface area contributed by atoms with Crippen molar-refractivity contribution in [1.82, 2.24) is 9.13 Å². The third-order valence-corrected chi connectivity index (χ3v) is 7.09. The number of thiophene rings is 1. The molecule has 5 aromatic rings. The maximum Gasteiger partial charge on any atom is 0.332 e. The van der Waals surface area contributed by atoms with E-state index in [1.54, 1.807) is 12.1 Å². The van der Waals surface area contributed by atoms with Gasteiger partial charge in [0, 0.05) is 15.8 Å². The summed E-state index contributed by atoms with van der Waals surface area (Å²) >= 11 is 1.32. The van der Waals surface area contributed by atoms with Gasteiger partial charge in [0.1, 0.15) is 17.0 Å². The monoisotopic (exact) mass is 473 g/mol. The lowest BCUT2D eigenvalue weighted by atomic mass is 10.1. The van der Waals surface area contributed by atoms with Crippen molar-refractivity contribution in [2.24, 2.45) is 0 Å². The van der Waals surface area contributed by atoms with Crippen LogP contribution in [0.2, 0.25) is 0 Å². The number of nitrogens with zero attached hydrogens (tertiary/aromatic N) is 2. The summed E-state index contributed by atoms with van der Waals surface area (Å²) in [5.41, 5.74) is 2.29. The minimum absolute atomic E-state index is 0.00571. The molecule has 0 atom stereocenters. The number of fused-ring (bicyclic) bond motifs is 3. The molecule has 0 bridgehead atoms. The Hall–Kier alpha value is -3.91. The number of furan rings is 1. The molecular formula is C26H23N3O4S. The van der Waals surface area contributed by atoms with Crippen molar-refractivity contribution in [3.05, 3.63) is 98.6 Å². The number of aromatic nitrogens is 2. The molecule has 1 N–H and O–H groups in total. The molecule has 0 saturated carbocycles. The van der Waals surface area contributed by atoms with E-state index >= 15 is 0 Å². The Kier molecular flexibility index (Phi) is 5.67. The molecule has 7 nitrogen and oxygen atoms in total. The molecule has 0 spiro atoms. The summed E-state index contributed by atoms with van der Waals surface area (Å²) in [7, 11) is 0. The Morgan fingerprint density at radius 3 is 2.62 bits per heavy atom. The number of rotatable bonds is 6. The van der Waals surface area contributed by atoms with Gasteiger partial charge in [0.2, 0.25) is 5.91 Å². The zero-order valence-corrected chi connectivity index (χ0v) is 19.6. The van der Waals surface area contributed by atoms with Gasteiger partial charge in [0.05, 0.1) is 18.3 Å². The Morgan fingerprint density at radius 2 is 1.85 bits per heavy atom. The lowest BCUT2D eigenvalue weighted by molar-refractivity contribution is -0.116. The number of amides is 1. The Balaban J connectivity index is 1.65. The topological polar surface area (TPSA) is 86.2 Å². The van der Waals surface area contributed by atoms with Gasteiger partial charge < -0.3 is 9.73 Å². The van der Waals surface area contributed by atoms with Gasteiger partial charge in [0.15, 0.2) is 0 Å². The molecule has 34 heavy (non-hydrogen) atoms. The largest absolute Gasteiger partial charge is 0.467 e. The van der Waals surface area contributed by atoms with Crippen molar-refractivity contribution in [3.63, 3.8) is 0 Å². The normalized spacial score (nSPS) is 11.4. The summed E-state index contributed by atoms with van der Waals surface area (Å²) in [6.45, 7) is 3.75. The highest BCUT2D eigenvalue weighted by molar-refractivity contribution is 7.25. The second-order valence-electron chi connectivity index (χ2n) is 8.13. The molecule has 0 aliphatic heterocycles. The number of para-hydroxylation sites is 1. The first kappa shape index (κ1) is 21.9. The summed E-state index contributed by atoms with van der Waals surface area (Å²) < 4.78 is 9.22. The molecule has 3 aromatic heterocycles. The number of anilines is 1. The van der Waals surface area contributed by atoms with Crippen LogP contribution in [0.15, 0.2) is 74.9 Å². The number of nitrogens with one attached hydrogen (secondary N) is 1. The Bertz CT molecular complexity index is 1640. The van der Waals surface area contributed by atoms with Crippen molar-refractivity contribution in [2.45, 2.75) is 33.4 Å². The van der Waals surface area contributed by atoms with Crippen LogP contribution in [-0.4, -0.2) is 15.0 Å². The molecule has 0 unspecified atom stereocenters. The fourth-order valence-corrected chi connectivity index (χ4v) is 5.42.